The van der Waals surface area contributed by atoms with Gasteiger partial charge in [0.15, 0.2) is 0 Å². The van der Waals surface area contributed by atoms with Gasteiger partial charge >= 0.3 is 0 Å². The van der Waals surface area contributed by atoms with Gasteiger partial charge in [0.1, 0.15) is 18.2 Å². The van der Waals surface area contributed by atoms with E-state index < -0.39 is 0 Å². The van der Waals surface area contributed by atoms with Crippen LogP contribution < -0.4 is 10.1 Å². The van der Waals surface area contributed by atoms with Crippen LogP contribution in [-0.4, -0.2) is 25.9 Å². The zero-order valence-electron chi connectivity index (χ0n) is 12.0. The Morgan fingerprint density at radius 3 is 2.68 bits per heavy atom. The number of benzene rings is 1. The minimum absolute atomic E-state index is 0.241. The van der Waals surface area contributed by atoms with Gasteiger partial charge in [0.05, 0.1) is 6.61 Å². The Kier molecular flexibility index (Phi) is 7.45. The summed E-state index contributed by atoms with van der Waals surface area (Å²) < 4.78 is 24.2. The van der Waals surface area contributed by atoms with Gasteiger partial charge in [-0.3, -0.25) is 0 Å². The van der Waals surface area contributed by atoms with E-state index in [1.54, 1.807) is 6.07 Å². The van der Waals surface area contributed by atoms with E-state index in [1.807, 2.05) is 0 Å². The first-order chi connectivity index (χ1) is 9.13. The summed E-state index contributed by atoms with van der Waals surface area (Å²) in [5.41, 5.74) is 0.837. The normalized spacial score (nSPS) is 11.0. The van der Waals surface area contributed by atoms with Crippen molar-refractivity contribution in [2.45, 2.75) is 39.8 Å². The smallest absolute Gasteiger partial charge is 0.124 e. The molecule has 0 atom stereocenters. The Balaban J connectivity index is 2.50. The largest absolute Gasteiger partial charge is 0.491 e. The minimum Gasteiger partial charge on any atom is -0.491 e. The molecule has 4 heteroatoms. The molecule has 108 valence electrons. The van der Waals surface area contributed by atoms with Crippen LogP contribution in [0.3, 0.4) is 0 Å². The molecule has 0 aliphatic carbocycles. The minimum atomic E-state index is -0.241. The molecular weight excluding hydrogens is 245 g/mol. The Morgan fingerprint density at radius 2 is 2.00 bits per heavy atom. The quantitative estimate of drug-likeness (QED) is 0.699. The summed E-state index contributed by atoms with van der Waals surface area (Å²) in [5.74, 6) is 0.477. The third kappa shape index (κ3) is 6.55. The lowest BCUT2D eigenvalue weighted by atomic mass is 10.2. The molecule has 0 aliphatic heterocycles. The number of halogens is 1. The van der Waals surface area contributed by atoms with Gasteiger partial charge in [-0.1, -0.05) is 20.8 Å². The van der Waals surface area contributed by atoms with Crippen LogP contribution in [0.15, 0.2) is 18.2 Å². The average molecular weight is 269 g/mol. The zero-order chi connectivity index (χ0) is 14.1. The third-order valence-corrected chi connectivity index (χ3v) is 2.56. The van der Waals surface area contributed by atoms with Crippen molar-refractivity contribution in [3.05, 3.63) is 29.6 Å². The van der Waals surface area contributed by atoms with Crippen LogP contribution in [0.1, 0.15) is 32.8 Å². The van der Waals surface area contributed by atoms with Crippen LogP contribution in [0.25, 0.3) is 0 Å². The maximum Gasteiger partial charge on any atom is 0.124 e. The van der Waals surface area contributed by atoms with Crippen LogP contribution in [0.2, 0.25) is 0 Å². The van der Waals surface area contributed by atoms with Crippen molar-refractivity contribution in [2.75, 3.05) is 19.8 Å². The predicted molar refractivity (Wildman–Crippen MR) is 75.0 cm³/mol. The fraction of sp³-hybridized carbons (Fsp3) is 0.600. The fourth-order valence-corrected chi connectivity index (χ4v) is 1.60. The highest BCUT2D eigenvalue weighted by atomic mass is 19.1. The Bertz CT molecular complexity index is 369. The summed E-state index contributed by atoms with van der Waals surface area (Å²) in [6.45, 7) is 8.56. The van der Waals surface area contributed by atoms with Crippen molar-refractivity contribution in [3.8, 4) is 5.75 Å². The molecule has 0 saturated heterocycles. The van der Waals surface area contributed by atoms with E-state index >= 15 is 0 Å². The predicted octanol–water partition coefficient (Wildman–Crippen LogP) is 3.13. The molecule has 1 aromatic carbocycles. The molecule has 1 N–H and O–H groups in total. The van der Waals surface area contributed by atoms with Crippen molar-refractivity contribution in [3.63, 3.8) is 0 Å². The first-order valence-corrected chi connectivity index (χ1v) is 6.85. The Morgan fingerprint density at radius 1 is 1.21 bits per heavy atom. The second-order valence-electron chi connectivity index (χ2n) is 4.75. The molecule has 1 rings (SSSR count). The van der Waals surface area contributed by atoms with Crippen molar-refractivity contribution in [2.24, 2.45) is 0 Å². The molecule has 0 heterocycles. The lowest BCUT2D eigenvalue weighted by molar-refractivity contribution is 0.100. The molecule has 1 aromatic rings. The molecule has 0 radical (unpaired) electrons. The van der Waals surface area contributed by atoms with E-state index in [-0.39, 0.29) is 5.82 Å². The van der Waals surface area contributed by atoms with Gasteiger partial charge < -0.3 is 14.8 Å². The van der Waals surface area contributed by atoms with Crippen LogP contribution in [0, 0.1) is 5.82 Å². The first kappa shape index (κ1) is 15.9. The molecule has 0 aromatic heterocycles. The molecule has 0 saturated carbocycles. The van der Waals surface area contributed by atoms with Gasteiger partial charge in [-0.05, 0) is 24.6 Å². The molecule has 0 bridgehead atoms. The number of hydrogen-bond donors (Lipinski definition) is 1. The van der Waals surface area contributed by atoms with Crippen LogP contribution >= 0.6 is 0 Å². The molecule has 0 aliphatic rings. The van der Waals surface area contributed by atoms with Gasteiger partial charge in [0.25, 0.3) is 0 Å². The lowest BCUT2D eigenvalue weighted by Crippen LogP contribution is -2.22. The average Bonchev–Trinajstić information content (AvgIpc) is 2.38. The molecule has 0 unspecified atom stereocenters. The molecular formula is C15H24FNO2. The highest BCUT2D eigenvalue weighted by Crippen LogP contribution is 2.19. The van der Waals surface area contributed by atoms with E-state index in [2.05, 4.69) is 26.1 Å². The number of hydrogen-bond acceptors (Lipinski definition) is 3. The zero-order valence-corrected chi connectivity index (χ0v) is 12.0. The van der Waals surface area contributed by atoms with Crippen molar-refractivity contribution >= 4 is 0 Å². The first-order valence-electron chi connectivity index (χ1n) is 6.85. The van der Waals surface area contributed by atoms with Crippen LogP contribution in [0.4, 0.5) is 4.39 Å². The Hall–Kier alpha value is -1.13. The second kappa shape index (κ2) is 8.88. The van der Waals surface area contributed by atoms with Crippen molar-refractivity contribution < 1.29 is 13.9 Å². The molecule has 19 heavy (non-hydrogen) atoms. The van der Waals surface area contributed by atoms with Gasteiger partial charge in [0.2, 0.25) is 0 Å². The summed E-state index contributed by atoms with van der Waals surface area (Å²) in [6, 6.07) is 4.95. The molecule has 0 spiro atoms. The van der Waals surface area contributed by atoms with E-state index in [0.717, 1.165) is 24.3 Å². The lowest BCUT2D eigenvalue weighted by Gasteiger charge is -2.14. The van der Waals surface area contributed by atoms with Gasteiger partial charge in [-0.2, -0.15) is 0 Å². The maximum absolute atomic E-state index is 13.3. The topological polar surface area (TPSA) is 30.5 Å². The number of ether oxygens (including phenoxy) is 2. The maximum atomic E-state index is 13.3. The SMILES string of the molecule is CCCOCCOc1ccc(F)cc1CNC(C)C. The fourth-order valence-electron chi connectivity index (χ4n) is 1.60. The molecule has 0 amide bonds. The number of rotatable bonds is 9. The summed E-state index contributed by atoms with van der Waals surface area (Å²) in [7, 11) is 0. The van der Waals surface area contributed by atoms with Gasteiger partial charge in [0, 0.05) is 24.8 Å². The summed E-state index contributed by atoms with van der Waals surface area (Å²) >= 11 is 0. The van der Waals surface area contributed by atoms with E-state index in [4.69, 9.17) is 9.47 Å². The van der Waals surface area contributed by atoms with E-state index in [1.165, 1.54) is 12.1 Å². The van der Waals surface area contributed by atoms with E-state index in [9.17, 15) is 4.39 Å². The van der Waals surface area contributed by atoms with Gasteiger partial charge in [-0.15, -0.1) is 0 Å². The van der Waals surface area contributed by atoms with Gasteiger partial charge in [-0.25, -0.2) is 4.39 Å². The summed E-state index contributed by atoms with van der Waals surface area (Å²) in [5, 5.41) is 3.26. The molecule has 0 fully saturated rings. The third-order valence-electron chi connectivity index (χ3n) is 2.56. The van der Waals surface area contributed by atoms with Crippen LogP contribution in [0.5, 0.6) is 5.75 Å². The standard InChI is InChI=1S/C15H24FNO2/c1-4-7-18-8-9-19-15-6-5-14(16)10-13(15)11-17-12(2)3/h5-6,10,12,17H,4,7-9,11H2,1-3H3. The summed E-state index contributed by atoms with van der Waals surface area (Å²) in [6.07, 6.45) is 1.00. The second-order valence-corrected chi connectivity index (χ2v) is 4.75. The highest BCUT2D eigenvalue weighted by molar-refractivity contribution is 5.33. The number of nitrogens with one attached hydrogen (secondary N) is 1. The monoisotopic (exact) mass is 269 g/mol. The van der Waals surface area contributed by atoms with E-state index in [0.29, 0.717) is 25.8 Å². The highest BCUT2D eigenvalue weighted by Gasteiger charge is 2.06. The Labute approximate surface area is 115 Å². The van der Waals surface area contributed by atoms with Crippen molar-refractivity contribution in [1.82, 2.24) is 5.32 Å². The summed E-state index contributed by atoms with van der Waals surface area (Å²) in [4.78, 5) is 0. The molecule has 3 nitrogen and oxygen atoms in total. The van der Waals surface area contributed by atoms with Crippen molar-refractivity contribution in [1.29, 1.82) is 0 Å². The van der Waals surface area contributed by atoms with Crippen LogP contribution in [-0.2, 0) is 11.3 Å².